The van der Waals surface area contributed by atoms with Crippen LogP contribution < -0.4 is 10.6 Å². The van der Waals surface area contributed by atoms with Gasteiger partial charge in [0, 0.05) is 25.2 Å². The van der Waals surface area contributed by atoms with Crippen LogP contribution in [-0.2, 0) is 6.42 Å². The molecule has 5 heteroatoms. The van der Waals surface area contributed by atoms with Crippen LogP contribution in [0.1, 0.15) is 19.2 Å². The Balaban J connectivity index is 2.35. The van der Waals surface area contributed by atoms with E-state index < -0.39 is 0 Å². The van der Waals surface area contributed by atoms with Gasteiger partial charge in [0.25, 0.3) is 0 Å². The van der Waals surface area contributed by atoms with Crippen molar-refractivity contribution >= 4 is 17.3 Å². The van der Waals surface area contributed by atoms with Crippen molar-refractivity contribution in [3.05, 3.63) is 42.0 Å². The molecule has 0 bridgehead atoms. The second-order valence-corrected chi connectivity index (χ2v) is 4.36. The number of aryl methyl sites for hydroxylation is 1. The maximum atomic E-state index is 13.2. The van der Waals surface area contributed by atoms with Crippen LogP contribution in [0.2, 0.25) is 0 Å². The molecule has 0 aliphatic carbocycles. The van der Waals surface area contributed by atoms with Crippen molar-refractivity contribution in [2.24, 2.45) is 0 Å². The molecule has 0 aliphatic heterocycles. The lowest BCUT2D eigenvalue weighted by Crippen LogP contribution is -2.14. The van der Waals surface area contributed by atoms with E-state index >= 15 is 0 Å². The molecule has 1 aromatic heterocycles. The van der Waals surface area contributed by atoms with Gasteiger partial charge in [0.05, 0.1) is 0 Å². The predicted octanol–water partition coefficient (Wildman–Crippen LogP) is 2.92. The highest BCUT2D eigenvalue weighted by atomic mass is 19.1. The van der Waals surface area contributed by atoms with Gasteiger partial charge in [0.15, 0.2) is 0 Å². The van der Waals surface area contributed by atoms with Crippen LogP contribution in [0.15, 0.2) is 30.3 Å². The lowest BCUT2D eigenvalue weighted by atomic mass is 10.3. The van der Waals surface area contributed by atoms with E-state index in [1.54, 1.807) is 17.0 Å². The minimum absolute atomic E-state index is 0.278. The third kappa shape index (κ3) is 3.19. The summed E-state index contributed by atoms with van der Waals surface area (Å²) in [5.74, 6) is 1.53. The van der Waals surface area contributed by atoms with E-state index in [-0.39, 0.29) is 5.82 Å². The molecule has 2 aromatic rings. The number of rotatable bonds is 4. The predicted molar refractivity (Wildman–Crippen MR) is 74.9 cm³/mol. The molecule has 1 aromatic carbocycles. The van der Waals surface area contributed by atoms with Gasteiger partial charge in [0.1, 0.15) is 23.3 Å². The molecule has 0 spiro atoms. The summed E-state index contributed by atoms with van der Waals surface area (Å²) in [6.07, 6.45) is 1.72. The average Bonchev–Trinajstić information content (AvgIpc) is 2.37. The molecule has 2 N–H and O–H groups in total. The molecule has 100 valence electrons. The van der Waals surface area contributed by atoms with Crippen LogP contribution in [0.4, 0.5) is 21.7 Å². The molecule has 0 atom stereocenters. The number of benzene rings is 1. The number of nitrogens with zero attached hydrogens (tertiary/aromatic N) is 3. The first-order chi connectivity index (χ1) is 9.10. The van der Waals surface area contributed by atoms with Crippen LogP contribution in [0.5, 0.6) is 0 Å². The van der Waals surface area contributed by atoms with Crippen LogP contribution in [0.3, 0.4) is 0 Å². The normalized spacial score (nSPS) is 10.5. The first-order valence-electron chi connectivity index (χ1n) is 6.23. The van der Waals surface area contributed by atoms with Crippen molar-refractivity contribution in [3.8, 4) is 0 Å². The molecule has 4 nitrogen and oxygen atoms in total. The molecule has 0 amide bonds. The Kier molecular flexibility index (Phi) is 3.94. The van der Waals surface area contributed by atoms with E-state index in [1.807, 2.05) is 13.1 Å². The van der Waals surface area contributed by atoms with Crippen LogP contribution in [-0.4, -0.2) is 17.0 Å². The Hall–Kier alpha value is -2.17. The average molecular weight is 260 g/mol. The van der Waals surface area contributed by atoms with E-state index in [4.69, 9.17) is 5.73 Å². The summed E-state index contributed by atoms with van der Waals surface area (Å²) in [5.41, 5.74) is 6.51. The van der Waals surface area contributed by atoms with Crippen molar-refractivity contribution in [1.29, 1.82) is 0 Å². The minimum atomic E-state index is -0.278. The van der Waals surface area contributed by atoms with Gasteiger partial charge >= 0.3 is 0 Å². The Morgan fingerprint density at radius 3 is 2.74 bits per heavy atom. The molecule has 0 unspecified atom stereocenters. The standard InChI is InChI=1S/C14H17FN4/c1-3-5-13-17-12(16)9-14(18-13)19(2)11-7-4-6-10(15)8-11/h4,6-9H,3,5H2,1-2H3,(H2,16,17,18). The highest BCUT2D eigenvalue weighted by Gasteiger charge is 2.09. The van der Waals surface area contributed by atoms with Crippen LogP contribution in [0.25, 0.3) is 0 Å². The lowest BCUT2D eigenvalue weighted by molar-refractivity contribution is 0.628. The Morgan fingerprint density at radius 2 is 2.05 bits per heavy atom. The third-order valence-electron chi connectivity index (χ3n) is 2.79. The van der Waals surface area contributed by atoms with Gasteiger partial charge < -0.3 is 10.6 Å². The third-order valence-corrected chi connectivity index (χ3v) is 2.79. The summed E-state index contributed by atoms with van der Waals surface area (Å²) in [6, 6.07) is 8.04. The summed E-state index contributed by atoms with van der Waals surface area (Å²) in [4.78, 5) is 10.4. The molecular weight excluding hydrogens is 243 g/mol. The van der Waals surface area contributed by atoms with Crippen molar-refractivity contribution in [2.75, 3.05) is 17.7 Å². The fourth-order valence-electron chi connectivity index (χ4n) is 1.83. The summed E-state index contributed by atoms with van der Waals surface area (Å²) < 4.78 is 13.2. The first-order valence-corrected chi connectivity index (χ1v) is 6.23. The second kappa shape index (κ2) is 5.65. The van der Waals surface area contributed by atoms with Crippen molar-refractivity contribution < 1.29 is 4.39 Å². The Bertz CT molecular complexity index is 571. The monoisotopic (exact) mass is 260 g/mol. The van der Waals surface area contributed by atoms with Crippen LogP contribution in [0, 0.1) is 5.82 Å². The molecule has 0 saturated carbocycles. The fraction of sp³-hybridized carbons (Fsp3) is 0.286. The Morgan fingerprint density at radius 1 is 1.26 bits per heavy atom. The van der Waals surface area contributed by atoms with Gasteiger partial charge in [-0.1, -0.05) is 13.0 Å². The molecule has 0 aliphatic rings. The Labute approximate surface area is 112 Å². The molecule has 0 saturated heterocycles. The number of aromatic nitrogens is 2. The number of halogens is 1. The molecule has 19 heavy (non-hydrogen) atoms. The van der Waals surface area contributed by atoms with E-state index in [2.05, 4.69) is 16.9 Å². The highest BCUT2D eigenvalue weighted by Crippen LogP contribution is 2.23. The number of anilines is 3. The van der Waals surface area contributed by atoms with E-state index in [1.165, 1.54) is 12.1 Å². The zero-order valence-corrected chi connectivity index (χ0v) is 11.1. The summed E-state index contributed by atoms with van der Waals surface area (Å²) >= 11 is 0. The topological polar surface area (TPSA) is 55.0 Å². The zero-order valence-electron chi connectivity index (χ0n) is 11.1. The van der Waals surface area contributed by atoms with E-state index in [0.717, 1.165) is 18.5 Å². The van der Waals surface area contributed by atoms with Gasteiger partial charge in [0.2, 0.25) is 0 Å². The van der Waals surface area contributed by atoms with Gasteiger partial charge in [-0.2, -0.15) is 0 Å². The maximum Gasteiger partial charge on any atom is 0.138 e. The number of nitrogen functional groups attached to an aromatic ring is 1. The lowest BCUT2D eigenvalue weighted by Gasteiger charge is -2.19. The van der Waals surface area contributed by atoms with Gasteiger partial charge in [-0.25, -0.2) is 14.4 Å². The number of hydrogen-bond acceptors (Lipinski definition) is 4. The van der Waals surface area contributed by atoms with Crippen molar-refractivity contribution in [3.63, 3.8) is 0 Å². The number of hydrogen-bond donors (Lipinski definition) is 1. The SMILES string of the molecule is CCCc1nc(N)cc(N(C)c2cccc(F)c2)n1. The summed E-state index contributed by atoms with van der Waals surface area (Å²) in [6.45, 7) is 2.06. The molecule has 0 fully saturated rings. The quantitative estimate of drug-likeness (QED) is 0.918. The fourth-order valence-corrected chi connectivity index (χ4v) is 1.83. The van der Waals surface area contributed by atoms with Crippen molar-refractivity contribution in [2.45, 2.75) is 19.8 Å². The van der Waals surface area contributed by atoms with Gasteiger partial charge in [-0.15, -0.1) is 0 Å². The zero-order chi connectivity index (χ0) is 13.8. The maximum absolute atomic E-state index is 13.2. The molecule has 0 radical (unpaired) electrons. The van der Waals surface area contributed by atoms with Crippen LogP contribution >= 0.6 is 0 Å². The summed E-state index contributed by atoms with van der Waals surface area (Å²) in [7, 11) is 1.83. The minimum Gasteiger partial charge on any atom is -0.384 e. The summed E-state index contributed by atoms with van der Waals surface area (Å²) in [5, 5.41) is 0. The van der Waals surface area contributed by atoms with E-state index in [9.17, 15) is 4.39 Å². The highest BCUT2D eigenvalue weighted by molar-refractivity contribution is 5.61. The largest absolute Gasteiger partial charge is 0.384 e. The smallest absolute Gasteiger partial charge is 0.138 e. The molecular formula is C14H17FN4. The second-order valence-electron chi connectivity index (χ2n) is 4.36. The van der Waals surface area contributed by atoms with Gasteiger partial charge in [-0.3, -0.25) is 0 Å². The first kappa shape index (κ1) is 13.3. The number of nitrogens with two attached hydrogens (primary N) is 1. The van der Waals surface area contributed by atoms with E-state index in [0.29, 0.717) is 17.5 Å². The van der Waals surface area contributed by atoms with Crippen molar-refractivity contribution in [1.82, 2.24) is 9.97 Å². The molecule has 2 rings (SSSR count). The van der Waals surface area contributed by atoms with Gasteiger partial charge in [-0.05, 0) is 24.6 Å². The molecule has 1 heterocycles.